The number of hydrogen-bond acceptors (Lipinski definition) is 4. The Labute approximate surface area is 131 Å². The van der Waals surface area contributed by atoms with Crippen LogP contribution in [0.4, 0.5) is 0 Å². The molecule has 2 atom stereocenters. The van der Waals surface area contributed by atoms with Gasteiger partial charge in [0, 0.05) is 18.3 Å². The Morgan fingerprint density at radius 1 is 1.43 bits per heavy atom. The lowest BCUT2D eigenvalue weighted by Crippen LogP contribution is -2.43. The lowest BCUT2D eigenvalue weighted by Gasteiger charge is -2.28. The van der Waals surface area contributed by atoms with Gasteiger partial charge in [0.1, 0.15) is 9.84 Å². The molecule has 0 saturated carbocycles. The summed E-state index contributed by atoms with van der Waals surface area (Å²) in [4.78, 5) is 13.7. The summed E-state index contributed by atoms with van der Waals surface area (Å²) in [5.74, 6) is -0.384. The largest absolute Gasteiger partial charge is 0.338 e. The summed E-state index contributed by atoms with van der Waals surface area (Å²) in [6, 6.07) is 6.22. The summed E-state index contributed by atoms with van der Waals surface area (Å²) < 4.78 is 22.3. The van der Waals surface area contributed by atoms with Gasteiger partial charge in [0.15, 0.2) is 0 Å². The maximum atomic E-state index is 12.2. The van der Waals surface area contributed by atoms with Gasteiger partial charge in [0.05, 0.1) is 17.8 Å². The third-order valence-corrected chi connectivity index (χ3v) is 4.59. The molecule has 1 amide bonds. The number of amides is 1. The highest BCUT2D eigenvalue weighted by molar-refractivity contribution is 7.90. The number of carbonyl (C=O) groups excluding carboxylic acids is 1. The molecule has 1 rings (SSSR count). The van der Waals surface area contributed by atoms with Crippen LogP contribution in [0.5, 0.6) is 0 Å². The zero-order chi connectivity index (χ0) is 16.2. The van der Waals surface area contributed by atoms with E-state index in [1.54, 1.807) is 19.2 Å². The van der Waals surface area contributed by atoms with Crippen molar-refractivity contribution in [2.24, 2.45) is 5.73 Å². The minimum absolute atomic E-state index is 0.0979. The van der Waals surface area contributed by atoms with E-state index in [1.807, 2.05) is 19.1 Å². The molecule has 0 heterocycles. The lowest BCUT2D eigenvalue weighted by atomic mass is 10.1. The van der Waals surface area contributed by atoms with Crippen molar-refractivity contribution >= 4 is 27.3 Å². The average molecular weight is 333 g/mol. The molecule has 1 aromatic rings. The molecule has 7 heteroatoms. The van der Waals surface area contributed by atoms with Crippen molar-refractivity contribution in [1.29, 1.82) is 0 Å². The van der Waals surface area contributed by atoms with Gasteiger partial charge in [-0.05, 0) is 31.0 Å². The fourth-order valence-electron chi connectivity index (χ4n) is 1.91. The van der Waals surface area contributed by atoms with Crippen LogP contribution in [0.3, 0.4) is 0 Å². The third kappa shape index (κ3) is 5.65. The van der Waals surface area contributed by atoms with E-state index in [-0.39, 0.29) is 24.1 Å². The van der Waals surface area contributed by atoms with Crippen molar-refractivity contribution in [2.75, 3.05) is 19.1 Å². The molecule has 2 unspecified atom stereocenters. The van der Waals surface area contributed by atoms with Crippen LogP contribution in [0, 0.1) is 0 Å². The van der Waals surface area contributed by atoms with E-state index in [4.69, 9.17) is 17.3 Å². The molecule has 118 valence electrons. The van der Waals surface area contributed by atoms with E-state index in [0.717, 1.165) is 11.8 Å². The first-order valence-corrected chi connectivity index (χ1v) is 9.01. The number of nitrogens with zero attached hydrogens (tertiary/aromatic N) is 1. The SMILES string of the molecule is CC(c1cccc(Cl)c1)N(C)C(=O)C(N)CCS(C)(=O)=O. The number of rotatable bonds is 6. The van der Waals surface area contributed by atoms with Crippen LogP contribution in [-0.4, -0.2) is 44.3 Å². The first-order valence-electron chi connectivity index (χ1n) is 6.57. The minimum Gasteiger partial charge on any atom is -0.338 e. The van der Waals surface area contributed by atoms with E-state index in [0.29, 0.717) is 5.02 Å². The quantitative estimate of drug-likeness (QED) is 0.858. The zero-order valence-electron chi connectivity index (χ0n) is 12.4. The summed E-state index contributed by atoms with van der Waals surface area (Å²) >= 11 is 5.94. The lowest BCUT2D eigenvalue weighted by molar-refractivity contribution is -0.133. The number of sulfone groups is 1. The molecule has 0 aliphatic rings. The highest BCUT2D eigenvalue weighted by Gasteiger charge is 2.23. The fourth-order valence-corrected chi connectivity index (χ4v) is 2.79. The fraction of sp³-hybridized carbons (Fsp3) is 0.500. The monoisotopic (exact) mass is 332 g/mol. The van der Waals surface area contributed by atoms with E-state index >= 15 is 0 Å². The van der Waals surface area contributed by atoms with Crippen LogP contribution in [0.15, 0.2) is 24.3 Å². The minimum atomic E-state index is -3.12. The Morgan fingerprint density at radius 2 is 2.05 bits per heavy atom. The average Bonchev–Trinajstić information content (AvgIpc) is 2.41. The van der Waals surface area contributed by atoms with Crippen molar-refractivity contribution in [3.63, 3.8) is 0 Å². The van der Waals surface area contributed by atoms with Gasteiger partial charge in [-0.25, -0.2) is 8.42 Å². The van der Waals surface area contributed by atoms with Crippen molar-refractivity contribution in [3.05, 3.63) is 34.9 Å². The second-order valence-electron chi connectivity index (χ2n) is 5.21. The Morgan fingerprint density at radius 3 is 2.57 bits per heavy atom. The van der Waals surface area contributed by atoms with E-state index in [2.05, 4.69) is 0 Å². The van der Waals surface area contributed by atoms with Crippen molar-refractivity contribution < 1.29 is 13.2 Å². The highest BCUT2D eigenvalue weighted by atomic mass is 35.5. The Hall–Kier alpha value is -1.11. The molecule has 0 radical (unpaired) electrons. The maximum Gasteiger partial charge on any atom is 0.239 e. The molecule has 0 saturated heterocycles. The smallest absolute Gasteiger partial charge is 0.239 e. The molecule has 0 bridgehead atoms. The second kappa shape index (κ2) is 7.24. The summed E-state index contributed by atoms with van der Waals surface area (Å²) in [5, 5.41) is 0.599. The summed E-state index contributed by atoms with van der Waals surface area (Å²) in [7, 11) is -1.48. The molecule has 2 N–H and O–H groups in total. The topological polar surface area (TPSA) is 80.5 Å². The Bertz CT molecular complexity index is 604. The first kappa shape index (κ1) is 17.9. The predicted octanol–water partition coefficient (Wildman–Crippen LogP) is 1.62. The van der Waals surface area contributed by atoms with Gasteiger partial charge < -0.3 is 10.6 Å². The number of carbonyl (C=O) groups is 1. The Kier molecular flexibility index (Phi) is 6.19. The summed E-state index contributed by atoms with van der Waals surface area (Å²) in [6.07, 6.45) is 1.24. The number of hydrogen-bond donors (Lipinski definition) is 1. The number of nitrogens with two attached hydrogens (primary N) is 1. The maximum absolute atomic E-state index is 12.2. The van der Waals surface area contributed by atoms with Crippen LogP contribution in [-0.2, 0) is 14.6 Å². The standard InChI is InChI=1S/C14H21ClN2O3S/c1-10(11-5-4-6-12(15)9-11)17(2)14(18)13(16)7-8-21(3,19)20/h4-6,9-10,13H,7-8,16H2,1-3H3. The molecule has 0 fully saturated rings. The van der Waals surface area contributed by atoms with Crippen molar-refractivity contribution in [1.82, 2.24) is 4.90 Å². The van der Waals surface area contributed by atoms with E-state index in [9.17, 15) is 13.2 Å². The zero-order valence-corrected chi connectivity index (χ0v) is 14.0. The van der Waals surface area contributed by atoms with Crippen LogP contribution < -0.4 is 5.73 Å². The van der Waals surface area contributed by atoms with Gasteiger partial charge in [-0.2, -0.15) is 0 Å². The first-order chi connectivity index (χ1) is 9.61. The van der Waals surface area contributed by atoms with Crippen molar-refractivity contribution in [3.8, 4) is 0 Å². The summed E-state index contributed by atoms with van der Waals surface area (Å²) in [5.41, 5.74) is 6.69. The van der Waals surface area contributed by atoms with Crippen molar-refractivity contribution in [2.45, 2.75) is 25.4 Å². The van der Waals surface area contributed by atoms with Gasteiger partial charge in [-0.1, -0.05) is 23.7 Å². The highest BCUT2D eigenvalue weighted by Crippen LogP contribution is 2.22. The van der Waals surface area contributed by atoms with Crippen LogP contribution in [0.2, 0.25) is 5.02 Å². The third-order valence-electron chi connectivity index (χ3n) is 3.38. The summed E-state index contributed by atoms with van der Waals surface area (Å²) in [6.45, 7) is 1.87. The van der Waals surface area contributed by atoms with E-state index in [1.165, 1.54) is 4.90 Å². The number of likely N-dealkylation sites (N-methyl/N-ethyl adjacent to an activating group) is 1. The number of benzene rings is 1. The normalized spacial score (nSPS) is 14.5. The Balaban J connectivity index is 2.73. The molecule has 0 aliphatic heterocycles. The van der Waals surface area contributed by atoms with Gasteiger partial charge >= 0.3 is 0 Å². The molecule has 0 aromatic heterocycles. The van der Waals surface area contributed by atoms with Gasteiger partial charge in [0.2, 0.25) is 5.91 Å². The van der Waals surface area contributed by atoms with E-state index < -0.39 is 15.9 Å². The second-order valence-corrected chi connectivity index (χ2v) is 7.90. The molecule has 1 aromatic carbocycles. The van der Waals surface area contributed by atoms with Gasteiger partial charge in [-0.15, -0.1) is 0 Å². The molecular formula is C14H21ClN2O3S. The molecule has 21 heavy (non-hydrogen) atoms. The van der Waals surface area contributed by atoms with Gasteiger partial charge in [0.25, 0.3) is 0 Å². The van der Waals surface area contributed by atoms with Crippen LogP contribution in [0.25, 0.3) is 0 Å². The predicted molar refractivity (Wildman–Crippen MR) is 84.9 cm³/mol. The van der Waals surface area contributed by atoms with Crippen LogP contribution >= 0.6 is 11.6 Å². The van der Waals surface area contributed by atoms with Crippen LogP contribution in [0.1, 0.15) is 24.9 Å². The molecule has 5 nitrogen and oxygen atoms in total. The van der Waals surface area contributed by atoms with Gasteiger partial charge in [-0.3, -0.25) is 4.79 Å². The number of halogens is 1. The molecule has 0 spiro atoms. The molecule has 0 aliphatic carbocycles. The molecular weight excluding hydrogens is 312 g/mol.